The molecule has 0 atom stereocenters. The van der Waals surface area contributed by atoms with Crippen LogP contribution in [0.25, 0.3) is 0 Å². The van der Waals surface area contributed by atoms with Gasteiger partial charge in [0.25, 0.3) is 11.8 Å². The first-order valence-corrected chi connectivity index (χ1v) is 7.04. The van der Waals surface area contributed by atoms with Crippen molar-refractivity contribution in [3.05, 3.63) is 46.8 Å². The van der Waals surface area contributed by atoms with Gasteiger partial charge in [0.2, 0.25) is 0 Å². The van der Waals surface area contributed by atoms with E-state index in [1.54, 1.807) is 38.2 Å². The molecule has 0 saturated carbocycles. The lowest BCUT2D eigenvalue weighted by atomic mass is 10.0. The first-order chi connectivity index (χ1) is 10.5. The third kappa shape index (κ3) is 3.00. The summed E-state index contributed by atoms with van der Waals surface area (Å²) in [4.78, 5) is 24.4. The number of para-hydroxylation sites is 1. The minimum Gasteiger partial charge on any atom is -0.360 e. The molecule has 6 nitrogen and oxygen atoms in total. The Balaban J connectivity index is 2.35. The van der Waals surface area contributed by atoms with Crippen molar-refractivity contribution in [2.45, 2.75) is 26.7 Å². The van der Waals surface area contributed by atoms with Crippen molar-refractivity contribution >= 4 is 17.5 Å². The lowest BCUT2D eigenvalue weighted by molar-refractivity contribution is 0.0964. The summed E-state index contributed by atoms with van der Waals surface area (Å²) in [7, 11) is 1.54. The second kappa shape index (κ2) is 6.43. The van der Waals surface area contributed by atoms with E-state index in [4.69, 9.17) is 4.52 Å². The van der Waals surface area contributed by atoms with Gasteiger partial charge in [0, 0.05) is 13.0 Å². The van der Waals surface area contributed by atoms with Gasteiger partial charge in [-0.3, -0.25) is 9.59 Å². The molecule has 0 unspecified atom stereocenters. The lowest BCUT2D eigenvalue weighted by Gasteiger charge is -2.10. The largest absolute Gasteiger partial charge is 0.360 e. The zero-order valence-corrected chi connectivity index (χ0v) is 13.1. The molecule has 1 aromatic heterocycles. The molecular weight excluding hydrogens is 282 g/mol. The molecule has 1 heterocycles. The molecule has 2 amide bonds. The highest BCUT2D eigenvalue weighted by molar-refractivity contribution is 6.09. The zero-order chi connectivity index (χ0) is 16.3. The summed E-state index contributed by atoms with van der Waals surface area (Å²) in [5, 5.41) is 9.17. The van der Waals surface area contributed by atoms with Crippen LogP contribution in [-0.2, 0) is 0 Å². The highest BCUT2D eigenvalue weighted by Gasteiger charge is 2.23. The predicted molar refractivity (Wildman–Crippen MR) is 83.1 cm³/mol. The quantitative estimate of drug-likeness (QED) is 0.909. The molecule has 2 rings (SSSR count). The van der Waals surface area contributed by atoms with E-state index in [1.165, 1.54) is 0 Å². The van der Waals surface area contributed by atoms with Gasteiger partial charge in [-0.1, -0.05) is 31.1 Å². The summed E-state index contributed by atoms with van der Waals surface area (Å²) in [6.07, 6.45) is 0. The zero-order valence-electron chi connectivity index (χ0n) is 13.1. The molecule has 0 aliphatic rings. The van der Waals surface area contributed by atoms with Gasteiger partial charge in [0.1, 0.15) is 5.56 Å². The SMILES string of the molecule is CNC(=O)c1ccccc1NC(=O)c1c(C)noc1C(C)C. The van der Waals surface area contributed by atoms with Crippen LogP contribution in [0.4, 0.5) is 5.69 Å². The number of aromatic nitrogens is 1. The van der Waals surface area contributed by atoms with Crippen LogP contribution >= 0.6 is 0 Å². The maximum atomic E-state index is 12.5. The van der Waals surface area contributed by atoms with Crippen LogP contribution in [0.15, 0.2) is 28.8 Å². The van der Waals surface area contributed by atoms with Crippen molar-refractivity contribution in [1.82, 2.24) is 10.5 Å². The van der Waals surface area contributed by atoms with Gasteiger partial charge in [0.05, 0.1) is 16.9 Å². The molecule has 0 aliphatic heterocycles. The molecule has 0 radical (unpaired) electrons. The number of aryl methyl sites for hydroxylation is 1. The average molecular weight is 301 g/mol. The van der Waals surface area contributed by atoms with Gasteiger partial charge >= 0.3 is 0 Å². The van der Waals surface area contributed by atoms with Crippen molar-refractivity contribution in [2.75, 3.05) is 12.4 Å². The standard InChI is InChI=1S/C16H19N3O3/c1-9(2)14-13(10(3)19-22-14)16(21)18-12-8-6-5-7-11(12)15(20)17-4/h5-9H,1-4H3,(H,17,20)(H,18,21). The number of carbonyl (C=O) groups excluding carboxylic acids is 2. The Bertz CT molecular complexity index is 704. The highest BCUT2D eigenvalue weighted by atomic mass is 16.5. The Morgan fingerprint density at radius 2 is 1.86 bits per heavy atom. The molecule has 0 aliphatic carbocycles. The van der Waals surface area contributed by atoms with Gasteiger partial charge in [0.15, 0.2) is 5.76 Å². The Labute approximate surface area is 128 Å². The van der Waals surface area contributed by atoms with Crippen molar-refractivity contribution in [1.29, 1.82) is 0 Å². The van der Waals surface area contributed by atoms with Crippen molar-refractivity contribution in [3.63, 3.8) is 0 Å². The second-order valence-corrected chi connectivity index (χ2v) is 5.24. The maximum absolute atomic E-state index is 12.5. The molecule has 2 aromatic rings. The van der Waals surface area contributed by atoms with Crippen LogP contribution < -0.4 is 10.6 Å². The Hall–Kier alpha value is -2.63. The molecule has 0 spiro atoms. The Morgan fingerprint density at radius 3 is 2.50 bits per heavy atom. The van der Waals surface area contributed by atoms with E-state index < -0.39 is 0 Å². The molecular formula is C16H19N3O3. The fourth-order valence-corrected chi connectivity index (χ4v) is 2.17. The van der Waals surface area contributed by atoms with E-state index in [1.807, 2.05) is 13.8 Å². The molecule has 22 heavy (non-hydrogen) atoms. The smallest absolute Gasteiger partial charge is 0.261 e. The fourth-order valence-electron chi connectivity index (χ4n) is 2.17. The number of anilines is 1. The Morgan fingerprint density at radius 1 is 1.18 bits per heavy atom. The number of rotatable bonds is 4. The molecule has 0 fully saturated rings. The molecule has 116 valence electrons. The normalized spacial score (nSPS) is 10.6. The number of carbonyl (C=O) groups is 2. The van der Waals surface area contributed by atoms with E-state index in [2.05, 4.69) is 15.8 Å². The third-order valence-corrected chi connectivity index (χ3v) is 3.29. The number of amides is 2. The Kier molecular flexibility index (Phi) is 4.60. The summed E-state index contributed by atoms with van der Waals surface area (Å²) >= 11 is 0. The predicted octanol–water partition coefficient (Wildman–Crippen LogP) is 2.72. The number of hydrogen-bond donors (Lipinski definition) is 2. The van der Waals surface area contributed by atoms with Gasteiger partial charge in [-0.2, -0.15) is 0 Å². The summed E-state index contributed by atoms with van der Waals surface area (Å²) in [5.74, 6) is -0.0237. The van der Waals surface area contributed by atoms with E-state index in [0.717, 1.165) is 0 Å². The van der Waals surface area contributed by atoms with Crippen molar-refractivity contribution in [3.8, 4) is 0 Å². The van der Waals surface area contributed by atoms with Crippen molar-refractivity contribution in [2.24, 2.45) is 0 Å². The molecule has 0 bridgehead atoms. The monoisotopic (exact) mass is 301 g/mol. The van der Waals surface area contributed by atoms with Crippen LogP contribution in [0.3, 0.4) is 0 Å². The first kappa shape index (κ1) is 15.8. The van der Waals surface area contributed by atoms with Crippen LogP contribution in [-0.4, -0.2) is 24.0 Å². The van der Waals surface area contributed by atoms with E-state index in [9.17, 15) is 9.59 Å². The summed E-state index contributed by atoms with van der Waals surface area (Å²) in [6.45, 7) is 5.57. The van der Waals surface area contributed by atoms with Crippen LogP contribution in [0.5, 0.6) is 0 Å². The van der Waals surface area contributed by atoms with Gasteiger partial charge in [-0.15, -0.1) is 0 Å². The van der Waals surface area contributed by atoms with Crippen LogP contribution in [0.2, 0.25) is 0 Å². The van der Waals surface area contributed by atoms with Gasteiger partial charge in [-0.25, -0.2) is 0 Å². The molecule has 0 saturated heterocycles. The number of hydrogen-bond acceptors (Lipinski definition) is 4. The number of benzene rings is 1. The van der Waals surface area contributed by atoms with Gasteiger partial charge < -0.3 is 15.2 Å². The molecule has 6 heteroatoms. The van der Waals surface area contributed by atoms with Crippen LogP contribution in [0, 0.1) is 6.92 Å². The topological polar surface area (TPSA) is 84.2 Å². The highest BCUT2D eigenvalue weighted by Crippen LogP contribution is 2.24. The lowest BCUT2D eigenvalue weighted by Crippen LogP contribution is -2.22. The summed E-state index contributed by atoms with van der Waals surface area (Å²) in [6, 6.07) is 6.83. The minimum atomic E-state index is -0.334. The van der Waals surface area contributed by atoms with Crippen molar-refractivity contribution < 1.29 is 14.1 Å². The summed E-state index contributed by atoms with van der Waals surface area (Å²) in [5.41, 5.74) is 1.79. The number of nitrogens with one attached hydrogen (secondary N) is 2. The number of nitrogens with zero attached hydrogens (tertiary/aromatic N) is 1. The third-order valence-electron chi connectivity index (χ3n) is 3.29. The van der Waals surface area contributed by atoms with E-state index >= 15 is 0 Å². The molecule has 1 aromatic carbocycles. The van der Waals surface area contributed by atoms with Gasteiger partial charge in [-0.05, 0) is 19.1 Å². The van der Waals surface area contributed by atoms with E-state index in [-0.39, 0.29) is 17.7 Å². The first-order valence-electron chi connectivity index (χ1n) is 7.04. The maximum Gasteiger partial charge on any atom is 0.261 e. The summed E-state index contributed by atoms with van der Waals surface area (Å²) < 4.78 is 5.22. The second-order valence-electron chi connectivity index (χ2n) is 5.24. The van der Waals surface area contributed by atoms with E-state index in [0.29, 0.717) is 28.3 Å². The fraction of sp³-hybridized carbons (Fsp3) is 0.312. The van der Waals surface area contributed by atoms with Crippen LogP contribution in [0.1, 0.15) is 51.9 Å². The molecule has 2 N–H and O–H groups in total. The minimum absolute atomic E-state index is 0.0381. The average Bonchev–Trinajstić information content (AvgIpc) is 2.89.